The van der Waals surface area contributed by atoms with Crippen molar-refractivity contribution in [3.8, 4) is 0 Å². The Kier molecular flexibility index (Phi) is 4.30. The molecule has 0 aliphatic carbocycles. The van der Waals surface area contributed by atoms with Gasteiger partial charge in [-0.25, -0.2) is 9.78 Å². The molecule has 0 saturated carbocycles. The number of methoxy groups -OCH3 is 1. The third-order valence-corrected chi connectivity index (χ3v) is 2.06. The van der Waals surface area contributed by atoms with Gasteiger partial charge in [-0.3, -0.25) is 0 Å². The Morgan fingerprint density at radius 2 is 2.33 bits per heavy atom. The van der Waals surface area contributed by atoms with E-state index in [1.807, 2.05) is 6.07 Å². The van der Waals surface area contributed by atoms with E-state index in [-0.39, 0.29) is 0 Å². The van der Waals surface area contributed by atoms with Crippen LogP contribution in [0.1, 0.15) is 6.92 Å². The number of pyridine rings is 1. The predicted octanol–water partition coefficient (Wildman–Crippen LogP) is 2.33. The van der Waals surface area contributed by atoms with Crippen molar-refractivity contribution in [2.24, 2.45) is 0 Å². The van der Waals surface area contributed by atoms with Crippen LogP contribution in [0.25, 0.3) is 0 Å². The number of hydrogen-bond acceptors (Lipinski definition) is 4. The number of anilines is 1. The van der Waals surface area contributed by atoms with Crippen molar-refractivity contribution in [3.63, 3.8) is 0 Å². The van der Waals surface area contributed by atoms with Crippen LogP contribution in [0.5, 0.6) is 0 Å². The Bertz CT molecular complexity index is 374. The third-order valence-electron chi connectivity index (χ3n) is 1.59. The fourth-order valence-corrected chi connectivity index (χ4v) is 1.16. The molecule has 80 valence electrons. The van der Waals surface area contributed by atoms with E-state index in [4.69, 9.17) is 0 Å². The summed E-state index contributed by atoms with van der Waals surface area (Å²) in [6.07, 6.45) is 3.04. The summed E-state index contributed by atoms with van der Waals surface area (Å²) >= 11 is 3.28. The van der Waals surface area contributed by atoms with Gasteiger partial charge >= 0.3 is 5.97 Å². The minimum Gasteiger partial charge on any atom is -0.466 e. The van der Waals surface area contributed by atoms with Gasteiger partial charge in [0.25, 0.3) is 0 Å². The molecule has 0 radical (unpaired) electrons. The van der Waals surface area contributed by atoms with Crippen LogP contribution in [0.15, 0.2) is 34.6 Å². The third kappa shape index (κ3) is 4.12. The van der Waals surface area contributed by atoms with Crippen molar-refractivity contribution in [3.05, 3.63) is 34.6 Å². The Labute approximate surface area is 96.5 Å². The quantitative estimate of drug-likeness (QED) is 0.677. The summed E-state index contributed by atoms with van der Waals surface area (Å²) in [5.74, 6) is 0.285. The smallest absolute Gasteiger partial charge is 0.332 e. The summed E-state index contributed by atoms with van der Waals surface area (Å²) < 4.78 is 5.40. The van der Waals surface area contributed by atoms with Crippen molar-refractivity contribution in [2.75, 3.05) is 12.4 Å². The summed E-state index contributed by atoms with van der Waals surface area (Å²) in [6, 6.07) is 3.67. The van der Waals surface area contributed by atoms with E-state index in [2.05, 4.69) is 31.0 Å². The number of halogens is 1. The van der Waals surface area contributed by atoms with Crippen LogP contribution in [-0.4, -0.2) is 18.1 Å². The Morgan fingerprint density at radius 3 is 2.87 bits per heavy atom. The molecule has 4 nitrogen and oxygen atoms in total. The molecule has 1 aromatic heterocycles. The maximum atomic E-state index is 10.9. The second kappa shape index (κ2) is 5.50. The molecule has 1 N–H and O–H groups in total. The molecule has 0 unspecified atom stereocenters. The number of rotatable bonds is 3. The van der Waals surface area contributed by atoms with E-state index >= 15 is 0 Å². The van der Waals surface area contributed by atoms with Gasteiger partial charge in [0.1, 0.15) is 5.82 Å². The van der Waals surface area contributed by atoms with Gasteiger partial charge in [0.2, 0.25) is 0 Å². The van der Waals surface area contributed by atoms with E-state index in [1.165, 1.54) is 13.2 Å². The maximum absolute atomic E-state index is 10.9. The van der Waals surface area contributed by atoms with Crippen molar-refractivity contribution in [2.45, 2.75) is 6.92 Å². The average molecular weight is 271 g/mol. The van der Waals surface area contributed by atoms with Crippen LogP contribution in [0.2, 0.25) is 0 Å². The van der Waals surface area contributed by atoms with Crippen LogP contribution in [0, 0.1) is 0 Å². The molecule has 0 aromatic carbocycles. The van der Waals surface area contributed by atoms with Gasteiger partial charge in [-0.2, -0.15) is 0 Å². The van der Waals surface area contributed by atoms with Crippen LogP contribution in [-0.2, 0) is 9.53 Å². The molecule has 0 bridgehead atoms. The first-order chi connectivity index (χ1) is 7.11. The van der Waals surface area contributed by atoms with Crippen LogP contribution in [0.4, 0.5) is 5.82 Å². The molecule has 0 fully saturated rings. The van der Waals surface area contributed by atoms with E-state index in [0.717, 1.165) is 4.47 Å². The average Bonchev–Trinajstić information content (AvgIpc) is 2.21. The molecule has 1 rings (SSSR count). The highest BCUT2D eigenvalue weighted by atomic mass is 79.9. The molecule has 5 heteroatoms. The maximum Gasteiger partial charge on any atom is 0.332 e. The molecular weight excluding hydrogens is 260 g/mol. The highest BCUT2D eigenvalue weighted by molar-refractivity contribution is 9.10. The zero-order valence-electron chi connectivity index (χ0n) is 8.45. The van der Waals surface area contributed by atoms with Gasteiger partial charge in [-0.15, -0.1) is 0 Å². The lowest BCUT2D eigenvalue weighted by molar-refractivity contribution is -0.134. The first-order valence-corrected chi connectivity index (χ1v) is 5.06. The predicted molar refractivity (Wildman–Crippen MR) is 61.3 cm³/mol. The summed E-state index contributed by atoms with van der Waals surface area (Å²) in [5.41, 5.74) is 0.677. The lowest BCUT2D eigenvalue weighted by Gasteiger charge is -2.04. The van der Waals surface area contributed by atoms with Crippen LogP contribution in [0.3, 0.4) is 0 Å². The highest BCUT2D eigenvalue weighted by Gasteiger charge is 1.98. The van der Waals surface area contributed by atoms with E-state index in [0.29, 0.717) is 11.5 Å². The van der Waals surface area contributed by atoms with Crippen LogP contribution >= 0.6 is 15.9 Å². The number of hydrogen-bond donors (Lipinski definition) is 1. The van der Waals surface area contributed by atoms with Gasteiger partial charge in [-0.1, -0.05) is 0 Å². The topological polar surface area (TPSA) is 51.2 Å². The lowest BCUT2D eigenvalue weighted by Crippen LogP contribution is -2.02. The van der Waals surface area contributed by atoms with Crippen molar-refractivity contribution in [1.29, 1.82) is 0 Å². The fourth-order valence-electron chi connectivity index (χ4n) is 0.924. The van der Waals surface area contributed by atoms with Crippen molar-refractivity contribution >= 4 is 27.7 Å². The fraction of sp³-hybridized carbons (Fsp3) is 0.200. The molecule has 0 aliphatic rings. The van der Waals surface area contributed by atoms with Gasteiger partial charge in [0.15, 0.2) is 0 Å². The van der Waals surface area contributed by atoms with E-state index in [1.54, 1.807) is 19.2 Å². The molecule has 15 heavy (non-hydrogen) atoms. The van der Waals surface area contributed by atoms with Gasteiger partial charge < -0.3 is 10.1 Å². The first kappa shape index (κ1) is 11.7. The normalized spacial score (nSPS) is 11.0. The minimum atomic E-state index is -0.392. The largest absolute Gasteiger partial charge is 0.466 e. The number of esters is 1. The number of allylic oxidation sites excluding steroid dienone is 1. The number of carbonyl (C=O) groups is 1. The number of ether oxygens (including phenoxy) is 1. The Balaban J connectivity index is 2.66. The molecule has 0 saturated heterocycles. The van der Waals surface area contributed by atoms with Crippen LogP contribution < -0.4 is 5.32 Å². The zero-order chi connectivity index (χ0) is 11.3. The lowest BCUT2D eigenvalue weighted by atomic mass is 10.4. The molecule has 0 spiro atoms. The summed E-state index contributed by atoms with van der Waals surface area (Å²) in [6.45, 7) is 1.76. The number of nitrogens with zero attached hydrogens (tertiary/aromatic N) is 1. The van der Waals surface area contributed by atoms with Crippen molar-refractivity contribution < 1.29 is 9.53 Å². The molecule has 0 amide bonds. The number of aromatic nitrogens is 1. The monoisotopic (exact) mass is 270 g/mol. The Hall–Kier alpha value is -1.36. The molecule has 1 heterocycles. The van der Waals surface area contributed by atoms with Crippen molar-refractivity contribution in [1.82, 2.24) is 4.98 Å². The second-order valence-electron chi connectivity index (χ2n) is 2.84. The Morgan fingerprint density at radius 1 is 1.60 bits per heavy atom. The highest BCUT2D eigenvalue weighted by Crippen LogP contribution is 2.11. The van der Waals surface area contributed by atoms with Gasteiger partial charge in [0, 0.05) is 22.4 Å². The number of carbonyl (C=O) groups excluding carboxylic acids is 1. The summed E-state index contributed by atoms with van der Waals surface area (Å²) in [7, 11) is 1.34. The standard InChI is InChI=1S/C10H11BrN2O2/c1-7(5-10(14)15-2)13-9-4-3-8(11)6-12-9/h3-6H,1-2H3,(H,12,13). The summed E-state index contributed by atoms with van der Waals surface area (Å²) in [4.78, 5) is 15.0. The summed E-state index contributed by atoms with van der Waals surface area (Å²) in [5, 5.41) is 2.96. The molecular formula is C10H11BrN2O2. The minimum absolute atomic E-state index is 0.392. The SMILES string of the molecule is COC(=O)C=C(C)Nc1ccc(Br)cn1. The van der Waals surface area contributed by atoms with Gasteiger partial charge in [-0.05, 0) is 35.0 Å². The van der Waals surface area contributed by atoms with Gasteiger partial charge in [0.05, 0.1) is 7.11 Å². The number of nitrogens with one attached hydrogen (secondary N) is 1. The van der Waals surface area contributed by atoms with E-state index in [9.17, 15) is 4.79 Å². The zero-order valence-corrected chi connectivity index (χ0v) is 10.0. The molecule has 0 aliphatic heterocycles. The first-order valence-electron chi connectivity index (χ1n) is 4.26. The molecule has 1 aromatic rings. The second-order valence-corrected chi connectivity index (χ2v) is 3.75. The molecule has 0 atom stereocenters. The van der Waals surface area contributed by atoms with E-state index < -0.39 is 5.97 Å².